The Morgan fingerprint density at radius 2 is 2.37 bits per heavy atom. The number of nitrogens with zero attached hydrogens (tertiary/aromatic N) is 1. The quantitative estimate of drug-likeness (QED) is 0.915. The standard InChI is InChI=1S/C14H20ClFN2O/c1-17-13(14-9-18(2)5-6-19-14)7-10-3-4-11(16)8-12(10)15/h3-4,8,13-14,17H,5-7,9H2,1-2H3. The van der Waals surface area contributed by atoms with Crippen molar-refractivity contribution in [3.8, 4) is 0 Å². The molecule has 5 heteroatoms. The predicted molar refractivity (Wildman–Crippen MR) is 75.2 cm³/mol. The largest absolute Gasteiger partial charge is 0.374 e. The fourth-order valence-corrected chi connectivity index (χ4v) is 2.64. The molecule has 0 aromatic heterocycles. The Morgan fingerprint density at radius 1 is 1.58 bits per heavy atom. The number of halogens is 2. The first-order valence-electron chi connectivity index (χ1n) is 6.51. The lowest BCUT2D eigenvalue weighted by molar-refractivity contribution is -0.0372. The van der Waals surface area contributed by atoms with Crippen LogP contribution in [0, 0.1) is 5.82 Å². The van der Waals surface area contributed by atoms with E-state index in [1.165, 1.54) is 12.1 Å². The van der Waals surface area contributed by atoms with Gasteiger partial charge in [0.2, 0.25) is 0 Å². The second kappa shape index (κ2) is 6.66. The first-order chi connectivity index (χ1) is 9.10. The zero-order valence-electron chi connectivity index (χ0n) is 11.3. The van der Waals surface area contributed by atoms with Crippen molar-refractivity contribution in [3.05, 3.63) is 34.6 Å². The summed E-state index contributed by atoms with van der Waals surface area (Å²) in [7, 11) is 4.01. The van der Waals surface area contributed by atoms with Gasteiger partial charge in [-0.3, -0.25) is 0 Å². The first-order valence-corrected chi connectivity index (χ1v) is 6.89. The van der Waals surface area contributed by atoms with Crippen LogP contribution in [0.1, 0.15) is 5.56 Å². The minimum absolute atomic E-state index is 0.130. The number of hydrogen-bond acceptors (Lipinski definition) is 3. The van der Waals surface area contributed by atoms with Gasteiger partial charge in [-0.15, -0.1) is 0 Å². The van der Waals surface area contributed by atoms with E-state index in [0.717, 1.165) is 31.7 Å². The van der Waals surface area contributed by atoms with E-state index in [0.29, 0.717) is 5.02 Å². The number of hydrogen-bond donors (Lipinski definition) is 1. The molecular weight excluding hydrogens is 267 g/mol. The van der Waals surface area contributed by atoms with Crippen LogP contribution < -0.4 is 5.32 Å². The van der Waals surface area contributed by atoms with Crippen molar-refractivity contribution in [2.75, 3.05) is 33.8 Å². The summed E-state index contributed by atoms with van der Waals surface area (Å²) >= 11 is 6.08. The van der Waals surface area contributed by atoms with E-state index in [2.05, 4.69) is 17.3 Å². The molecule has 2 atom stereocenters. The molecule has 3 nitrogen and oxygen atoms in total. The third-order valence-corrected chi connectivity index (χ3v) is 3.92. The van der Waals surface area contributed by atoms with Crippen LogP contribution in [0.2, 0.25) is 5.02 Å². The Balaban J connectivity index is 2.05. The normalized spacial score (nSPS) is 22.4. The molecule has 19 heavy (non-hydrogen) atoms. The highest BCUT2D eigenvalue weighted by molar-refractivity contribution is 6.31. The van der Waals surface area contributed by atoms with Gasteiger partial charge in [0.05, 0.1) is 12.7 Å². The number of morpholine rings is 1. The van der Waals surface area contributed by atoms with Crippen molar-refractivity contribution in [3.63, 3.8) is 0 Å². The highest BCUT2D eigenvalue weighted by Gasteiger charge is 2.26. The van der Waals surface area contributed by atoms with Crippen LogP contribution in [0.15, 0.2) is 18.2 Å². The Hall–Kier alpha value is -0.680. The summed E-state index contributed by atoms with van der Waals surface area (Å²) in [6, 6.07) is 4.72. The fourth-order valence-electron chi connectivity index (χ4n) is 2.40. The minimum Gasteiger partial charge on any atom is -0.374 e. The van der Waals surface area contributed by atoms with E-state index in [1.54, 1.807) is 6.07 Å². The Kier molecular flexibility index (Phi) is 5.16. The molecule has 0 bridgehead atoms. The van der Waals surface area contributed by atoms with Crippen molar-refractivity contribution in [2.45, 2.75) is 18.6 Å². The zero-order valence-corrected chi connectivity index (χ0v) is 12.1. The molecule has 0 aliphatic carbocycles. The van der Waals surface area contributed by atoms with Gasteiger partial charge >= 0.3 is 0 Å². The molecule has 0 radical (unpaired) electrons. The molecule has 1 aromatic carbocycles. The van der Waals surface area contributed by atoms with Crippen molar-refractivity contribution in [2.24, 2.45) is 0 Å². The van der Waals surface area contributed by atoms with E-state index < -0.39 is 0 Å². The fraction of sp³-hybridized carbons (Fsp3) is 0.571. The summed E-state index contributed by atoms with van der Waals surface area (Å²) in [6.07, 6.45) is 0.860. The van der Waals surface area contributed by atoms with E-state index in [1.807, 2.05) is 7.05 Å². The third-order valence-electron chi connectivity index (χ3n) is 3.57. The molecule has 1 saturated heterocycles. The second-order valence-electron chi connectivity index (χ2n) is 5.01. The van der Waals surface area contributed by atoms with Gasteiger partial charge in [0.25, 0.3) is 0 Å². The van der Waals surface area contributed by atoms with Crippen LogP contribution >= 0.6 is 11.6 Å². The number of nitrogens with one attached hydrogen (secondary N) is 1. The molecule has 2 unspecified atom stereocenters. The van der Waals surface area contributed by atoms with E-state index >= 15 is 0 Å². The van der Waals surface area contributed by atoms with Crippen molar-refractivity contribution in [1.82, 2.24) is 10.2 Å². The first kappa shape index (κ1) is 14.7. The maximum Gasteiger partial charge on any atom is 0.124 e. The van der Waals surface area contributed by atoms with Crippen molar-refractivity contribution in [1.29, 1.82) is 0 Å². The molecule has 0 spiro atoms. The van der Waals surface area contributed by atoms with Crippen LogP contribution in [0.25, 0.3) is 0 Å². The smallest absolute Gasteiger partial charge is 0.124 e. The number of likely N-dealkylation sites (N-methyl/N-ethyl adjacent to an activating group) is 2. The summed E-state index contributed by atoms with van der Waals surface area (Å²) < 4.78 is 18.9. The average molecular weight is 287 g/mol. The maximum absolute atomic E-state index is 13.0. The lowest BCUT2D eigenvalue weighted by atomic mass is 10.00. The summed E-state index contributed by atoms with van der Waals surface area (Å²) in [5.41, 5.74) is 0.944. The molecule has 1 N–H and O–H groups in total. The van der Waals surface area contributed by atoms with E-state index in [4.69, 9.17) is 16.3 Å². The molecule has 1 aliphatic rings. The molecule has 1 aromatic rings. The van der Waals surface area contributed by atoms with Gasteiger partial charge in [0.1, 0.15) is 5.82 Å². The lowest BCUT2D eigenvalue weighted by Gasteiger charge is -2.35. The van der Waals surface area contributed by atoms with Gasteiger partial charge in [-0.2, -0.15) is 0 Å². The van der Waals surface area contributed by atoms with Crippen LogP contribution in [-0.2, 0) is 11.2 Å². The van der Waals surface area contributed by atoms with Crippen molar-refractivity contribution < 1.29 is 9.13 Å². The predicted octanol–water partition coefficient (Wildman–Crippen LogP) is 1.94. The van der Waals surface area contributed by atoms with Gasteiger partial charge in [0.15, 0.2) is 0 Å². The zero-order chi connectivity index (χ0) is 13.8. The van der Waals surface area contributed by atoms with Gasteiger partial charge in [0, 0.05) is 24.2 Å². The second-order valence-corrected chi connectivity index (χ2v) is 5.41. The van der Waals surface area contributed by atoms with Crippen LogP contribution in [-0.4, -0.2) is 50.8 Å². The van der Waals surface area contributed by atoms with Gasteiger partial charge in [-0.05, 0) is 38.2 Å². The number of benzene rings is 1. The number of ether oxygens (including phenoxy) is 1. The van der Waals surface area contributed by atoms with Gasteiger partial charge < -0.3 is 15.0 Å². The molecular formula is C14H20ClFN2O. The summed E-state index contributed by atoms with van der Waals surface area (Å²) in [5.74, 6) is -0.302. The number of rotatable bonds is 4. The Morgan fingerprint density at radius 3 is 3.00 bits per heavy atom. The Labute approximate surface area is 118 Å². The highest BCUT2D eigenvalue weighted by atomic mass is 35.5. The molecule has 1 fully saturated rings. The van der Waals surface area contributed by atoms with Crippen LogP contribution in [0.5, 0.6) is 0 Å². The molecule has 0 amide bonds. The molecule has 2 rings (SSSR count). The monoisotopic (exact) mass is 286 g/mol. The van der Waals surface area contributed by atoms with Gasteiger partial charge in [-0.25, -0.2) is 4.39 Å². The van der Waals surface area contributed by atoms with Crippen molar-refractivity contribution >= 4 is 11.6 Å². The SMILES string of the molecule is CNC(Cc1ccc(F)cc1Cl)C1CN(C)CCO1. The van der Waals surface area contributed by atoms with Crippen LogP contribution in [0.3, 0.4) is 0 Å². The average Bonchev–Trinajstić information content (AvgIpc) is 2.38. The summed E-state index contributed by atoms with van der Waals surface area (Å²) in [4.78, 5) is 2.25. The van der Waals surface area contributed by atoms with Crippen LogP contribution in [0.4, 0.5) is 4.39 Å². The third kappa shape index (κ3) is 3.89. The lowest BCUT2D eigenvalue weighted by Crippen LogP contribution is -2.51. The molecule has 0 saturated carbocycles. The van der Waals surface area contributed by atoms with E-state index in [9.17, 15) is 4.39 Å². The summed E-state index contributed by atoms with van der Waals surface area (Å²) in [5, 5.41) is 3.75. The maximum atomic E-state index is 13.0. The molecule has 1 heterocycles. The van der Waals surface area contributed by atoms with E-state index in [-0.39, 0.29) is 18.0 Å². The van der Waals surface area contributed by atoms with Gasteiger partial charge in [-0.1, -0.05) is 17.7 Å². The molecule has 106 valence electrons. The Bertz CT molecular complexity index is 430. The topological polar surface area (TPSA) is 24.5 Å². The highest BCUT2D eigenvalue weighted by Crippen LogP contribution is 2.21. The minimum atomic E-state index is -0.302. The molecule has 1 aliphatic heterocycles. The summed E-state index contributed by atoms with van der Waals surface area (Å²) in [6.45, 7) is 2.60.